The Hall–Kier alpha value is -0.450. The van der Waals surface area contributed by atoms with E-state index in [0.29, 0.717) is 6.04 Å². The number of aromatic nitrogens is 1. The van der Waals surface area contributed by atoms with Gasteiger partial charge in [-0.25, -0.2) is 0 Å². The van der Waals surface area contributed by atoms with Crippen molar-refractivity contribution in [3.8, 4) is 0 Å². The second-order valence-electron chi connectivity index (χ2n) is 4.94. The number of pyridine rings is 1. The van der Waals surface area contributed by atoms with Gasteiger partial charge in [0.25, 0.3) is 0 Å². The van der Waals surface area contributed by atoms with E-state index in [-0.39, 0.29) is 0 Å². The molecule has 1 aliphatic rings. The van der Waals surface area contributed by atoms with E-state index in [1.165, 1.54) is 25.9 Å². The minimum Gasteiger partial charge on any atom is -0.305 e. The Bertz CT molecular complexity index is 352. The topological polar surface area (TPSA) is 19.4 Å². The normalized spacial score (nSPS) is 22.0. The summed E-state index contributed by atoms with van der Waals surface area (Å²) >= 11 is 3.41. The number of likely N-dealkylation sites (tertiary alicyclic amines) is 1. The van der Waals surface area contributed by atoms with E-state index in [0.717, 1.165) is 16.7 Å². The first-order valence-corrected chi connectivity index (χ1v) is 6.93. The molecular formula is C13H20BrN3. The van der Waals surface area contributed by atoms with Crippen LogP contribution < -0.4 is 0 Å². The Labute approximate surface area is 112 Å². The van der Waals surface area contributed by atoms with Crippen LogP contribution in [0.4, 0.5) is 0 Å². The molecule has 0 radical (unpaired) electrons. The molecule has 0 bridgehead atoms. The third-order valence-electron chi connectivity index (χ3n) is 3.42. The quantitative estimate of drug-likeness (QED) is 0.854. The molecule has 3 nitrogen and oxygen atoms in total. The van der Waals surface area contributed by atoms with Gasteiger partial charge in [0.2, 0.25) is 0 Å². The van der Waals surface area contributed by atoms with E-state index >= 15 is 0 Å². The molecule has 4 heteroatoms. The van der Waals surface area contributed by atoms with E-state index in [9.17, 15) is 0 Å². The lowest BCUT2D eigenvalue weighted by Gasteiger charge is -2.35. The van der Waals surface area contributed by atoms with Crippen LogP contribution in [-0.2, 0) is 6.54 Å². The number of rotatable bonds is 3. The first kappa shape index (κ1) is 13.0. The van der Waals surface area contributed by atoms with Crippen LogP contribution in [0, 0.1) is 0 Å². The highest BCUT2D eigenvalue weighted by Gasteiger charge is 2.21. The molecule has 1 atom stereocenters. The molecule has 1 fully saturated rings. The van der Waals surface area contributed by atoms with Gasteiger partial charge in [-0.1, -0.05) is 0 Å². The van der Waals surface area contributed by atoms with Crippen molar-refractivity contribution in [3.05, 3.63) is 28.5 Å². The molecule has 1 aliphatic heterocycles. The van der Waals surface area contributed by atoms with Crippen LogP contribution >= 0.6 is 15.9 Å². The molecule has 1 saturated heterocycles. The van der Waals surface area contributed by atoms with Crippen molar-refractivity contribution in [2.45, 2.75) is 25.4 Å². The van der Waals surface area contributed by atoms with Crippen molar-refractivity contribution < 1.29 is 0 Å². The van der Waals surface area contributed by atoms with Crippen LogP contribution in [-0.4, -0.2) is 48.0 Å². The molecule has 1 aromatic rings. The third-order valence-corrected chi connectivity index (χ3v) is 3.89. The fraction of sp³-hybridized carbons (Fsp3) is 0.615. The minimum atomic E-state index is 0.666. The molecule has 0 saturated carbocycles. The Kier molecular flexibility index (Phi) is 4.54. The van der Waals surface area contributed by atoms with E-state index in [4.69, 9.17) is 0 Å². The maximum atomic E-state index is 4.43. The van der Waals surface area contributed by atoms with Crippen LogP contribution in [0.5, 0.6) is 0 Å². The molecular weight excluding hydrogens is 278 g/mol. The Morgan fingerprint density at radius 2 is 2.35 bits per heavy atom. The Morgan fingerprint density at radius 1 is 1.53 bits per heavy atom. The summed E-state index contributed by atoms with van der Waals surface area (Å²) in [6.07, 6.45) is 4.48. The molecule has 0 aliphatic carbocycles. The zero-order chi connectivity index (χ0) is 12.3. The van der Waals surface area contributed by atoms with Crippen LogP contribution in [0.2, 0.25) is 0 Å². The molecule has 94 valence electrons. The summed E-state index contributed by atoms with van der Waals surface area (Å²) in [6.45, 7) is 3.35. The summed E-state index contributed by atoms with van der Waals surface area (Å²) < 4.78 is 1.04. The Morgan fingerprint density at radius 3 is 3.00 bits per heavy atom. The van der Waals surface area contributed by atoms with Gasteiger partial charge in [0.1, 0.15) is 0 Å². The second kappa shape index (κ2) is 5.94. The second-order valence-corrected chi connectivity index (χ2v) is 5.86. The van der Waals surface area contributed by atoms with Crippen molar-refractivity contribution in [3.63, 3.8) is 0 Å². The lowest BCUT2D eigenvalue weighted by Crippen LogP contribution is -2.44. The standard InChI is InChI=1S/C13H20BrN3/c1-16-7-3-4-13(10-16)17(2)9-12-6-5-11(14)8-15-12/h5-6,8,13H,3-4,7,9-10H2,1-2H3. The molecule has 2 rings (SSSR count). The maximum absolute atomic E-state index is 4.43. The van der Waals surface area contributed by atoms with Crippen molar-refractivity contribution in [1.82, 2.24) is 14.8 Å². The number of nitrogens with zero attached hydrogens (tertiary/aromatic N) is 3. The lowest BCUT2D eigenvalue weighted by atomic mass is 10.0. The van der Waals surface area contributed by atoms with E-state index in [1.54, 1.807) is 0 Å². The average Bonchev–Trinajstić information content (AvgIpc) is 2.32. The van der Waals surface area contributed by atoms with Gasteiger partial charge in [-0.3, -0.25) is 9.88 Å². The number of hydrogen-bond acceptors (Lipinski definition) is 3. The number of halogens is 1. The largest absolute Gasteiger partial charge is 0.305 e. The minimum absolute atomic E-state index is 0.666. The predicted molar refractivity (Wildman–Crippen MR) is 73.9 cm³/mol. The smallest absolute Gasteiger partial charge is 0.0544 e. The van der Waals surface area contributed by atoms with Gasteiger partial charge in [0, 0.05) is 29.8 Å². The van der Waals surface area contributed by atoms with Gasteiger partial charge in [0.15, 0.2) is 0 Å². The summed E-state index contributed by atoms with van der Waals surface area (Å²) in [6, 6.07) is 4.82. The summed E-state index contributed by atoms with van der Waals surface area (Å²) in [4.78, 5) is 9.27. The first-order chi connectivity index (χ1) is 8.15. The predicted octanol–water partition coefficient (Wildman–Crippen LogP) is 2.37. The summed E-state index contributed by atoms with van der Waals surface area (Å²) in [5.41, 5.74) is 1.14. The molecule has 0 N–H and O–H groups in total. The van der Waals surface area contributed by atoms with E-state index in [2.05, 4.69) is 56.9 Å². The highest BCUT2D eigenvalue weighted by Crippen LogP contribution is 2.16. The van der Waals surface area contributed by atoms with Gasteiger partial charge in [-0.2, -0.15) is 0 Å². The van der Waals surface area contributed by atoms with Gasteiger partial charge in [-0.05, 0) is 61.5 Å². The molecule has 0 spiro atoms. The number of piperidine rings is 1. The SMILES string of the molecule is CN1CCCC(N(C)Cc2ccc(Br)cn2)C1. The average molecular weight is 298 g/mol. The lowest BCUT2D eigenvalue weighted by molar-refractivity contribution is 0.128. The van der Waals surface area contributed by atoms with Crippen LogP contribution in [0.3, 0.4) is 0 Å². The molecule has 1 aromatic heterocycles. The fourth-order valence-corrected chi connectivity index (χ4v) is 2.62. The van der Waals surface area contributed by atoms with E-state index in [1.807, 2.05) is 6.20 Å². The van der Waals surface area contributed by atoms with Crippen LogP contribution in [0.25, 0.3) is 0 Å². The number of likely N-dealkylation sites (N-methyl/N-ethyl adjacent to an activating group) is 2. The summed E-state index contributed by atoms with van der Waals surface area (Å²) in [5, 5.41) is 0. The van der Waals surface area contributed by atoms with Gasteiger partial charge < -0.3 is 4.90 Å². The molecule has 2 heterocycles. The number of hydrogen-bond donors (Lipinski definition) is 0. The fourth-order valence-electron chi connectivity index (χ4n) is 2.38. The molecule has 0 aromatic carbocycles. The third kappa shape index (κ3) is 3.76. The zero-order valence-electron chi connectivity index (χ0n) is 10.6. The summed E-state index contributed by atoms with van der Waals surface area (Å²) in [7, 11) is 4.41. The maximum Gasteiger partial charge on any atom is 0.0544 e. The van der Waals surface area contributed by atoms with E-state index < -0.39 is 0 Å². The highest BCUT2D eigenvalue weighted by molar-refractivity contribution is 9.10. The Balaban J connectivity index is 1.91. The van der Waals surface area contributed by atoms with Crippen LogP contribution in [0.1, 0.15) is 18.5 Å². The van der Waals surface area contributed by atoms with Crippen molar-refractivity contribution in [2.24, 2.45) is 0 Å². The monoisotopic (exact) mass is 297 g/mol. The van der Waals surface area contributed by atoms with Crippen molar-refractivity contribution >= 4 is 15.9 Å². The molecule has 17 heavy (non-hydrogen) atoms. The van der Waals surface area contributed by atoms with Crippen molar-refractivity contribution in [1.29, 1.82) is 0 Å². The van der Waals surface area contributed by atoms with Gasteiger partial charge in [0.05, 0.1) is 5.69 Å². The molecule has 1 unspecified atom stereocenters. The summed E-state index contributed by atoms with van der Waals surface area (Å²) in [5.74, 6) is 0. The van der Waals surface area contributed by atoms with Gasteiger partial charge >= 0.3 is 0 Å². The van der Waals surface area contributed by atoms with Crippen LogP contribution in [0.15, 0.2) is 22.8 Å². The zero-order valence-corrected chi connectivity index (χ0v) is 12.2. The van der Waals surface area contributed by atoms with Crippen molar-refractivity contribution in [2.75, 3.05) is 27.2 Å². The molecule has 0 amide bonds. The first-order valence-electron chi connectivity index (χ1n) is 6.14. The highest BCUT2D eigenvalue weighted by atomic mass is 79.9. The van der Waals surface area contributed by atoms with Gasteiger partial charge in [-0.15, -0.1) is 0 Å².